The number of esters is 2. The van der Waals surface area contributed by atoms with Crippen molar-refractivity contribution in [3.63, 3.8) is 0 Å². The fraction of sp³-hybridized carbons (Fsp3) is 0.364. The van der Waals surface area contributed by atoms with Crippen molar-refractivity contribution in [2.75, 3.05) is 7.11 Å². The average molecular weight is 432 g/mol. The summed E-state index contributed by atoms with van der Waals surface area (Å²) in [7, 11) is 1.53. The van der Waals surface area contributed by atoms with Gasteiger partial charge in [0.15, 0.2) is 6.10 Å². The van der Waals surface area contributed by atoms with Gasteiger partial charge in [-0.05, 0) is 23.3 Å². The van der Waals surface area contributed by atoms with Crippen LogP contribution in [0.5, 0.6) is 5.75 Å². The first-order valence-electron chi connectivity index (χ1n) is 9.61. The van der Waals surface area contributed by atoms with E-state index in [1.165, 1.54) is 7.11 Å². The molecular formula is C22H24O9. The Hall–Kier alpha value is -2.98. The number of ether oxygens (including phenoxy) is 4. The maximum atomic E-state index is 12.4. The lowest BCUT2D eigenvalue weighted by Gasteiger charge is -2.38. The van der Waals surface area contributed by atoms with E-state index in [0.717, 1.165) is 0 Å². The van der Waals surface area contributed by atoms with Crippen LogP contribution in [0.1, 0.15) is 11.1 Å². The molecule has 0 spiro atoms. The van der Waals surface area contributed by atoms with Gasteiger partial charge in [0.05, 0.1) is 13.5 Å². The van der Waals surface area contributed by atoms with Gasteiger partial charge in [-0.3, -0.25) is 4.79 Å². The molecule has 1 fully saturated rings. The fourth-order valence-electron chi connectivity index (χ4n) is 3.03. The van der Waals surface area contributed by atoms with Crippen molar-refractivity contribution >= 4 is 11.9 Å². The number of aliphatic hydroxyl groups excluding tert-OH is 3. The van der Waals surface area contributed by atoms with Gasteiger partial charge in [0.2, 0.25) is 6.29 Å². The molecule has 3 N–H and O–H groups in total. The monoisotopic (exact) mass is 432 g/mol. The lowest BCUT2D eigenvalue weighted by atomic mass is 9.99. The molecule has 9 heteroatoms. The molecule has 0 amide bonds. The highest BCUT2D eigenvalue weighted by molar-refractivity contribution is 5.76. The molecular weight excluding hydrogens is 408 g/mol. The summed E-state index contributed by atoms with van der Waals surface area (Å²) in [6.07, 6.45) is -8.66. The Balaban J connectivity index is 1.60. The zero-order valence-corrected chi connectivity index (χ0v) is 16.8. The molecule has 5 atom stereocenters. The number of benzene rings is 2. The van der Waals surface area contributed by atoms with E-state index in [9.17, 15) is 24.9 Å². The molecule has 0 aliphatic carbocycles. The molecule has 31 heavy (non-hydrogen) atoms. The molecule has 1 heterocycles. The lowest BCUT2D eigenvalue weighted by molar-refractivity contribution is -0.287. The third-order valence-electron chi connectivity index (χ3n) is 4.78. The number of carbonyl (C=O) groups is 2. The van der Waals surface area contributed by atoms with Gasteiger partial charge in [-0.1, -0.05) is 42.5 Å². The number of rotatable bonds is 7. The Morgan fingerprint density at radius 1 is 0.903 bits per heavy atom. The average Bonchev–Trinajstić information content (AvgIpc) is 2.78. The minimum atomic E-state index is -1.78. The van der Waals surface area contributed by atoms with Gasteiger partial charge in [0, 0.05) is 0 Å². The summed E-state index contributed by atoms with van der Waals surface area (Å²) >= 11 is 0. The first-order chi connectivity index (χ1) is 14.9. The van der Waals surface area contributed by atoms with Crippen LogP contribution < -0.4 is 4.74 Å². The number of aliphatic hydroxyl groups is 3. The highest BCUT2D eigenvalue weighted by atomic mass is 16.7. The van der Waals surface area contributed by atoms with E-state index in [-0.39, 0.29) is 13.0 Å². The molecule has 3 rings (SSSR count). The fourth-order valence-corrected chi connectivity index (χ4v) is 3.03. The zero-order valence-electron chi connectivity index (χ0n) is 16.8. The summed E-state index contributed by atoms with van der Waals surface area (Å²) in [4.78, 5) is 24.6. The number of hydrogen-bond donors (Lipinski definition) is 3. The molecule has 2 aromatic carbocycles. The van der Waals surface area contributed by atoms with E-state index >= 15 is 0 Å². The van der Waals surface area contributed by atoms with Crippen molar-refractivity contribution in [2.45, 2.75) is 43.7 Å². The van der Waals surface area contributed by atoms with Crippen molar-refractivity contribution in [1.82, 2.24) is 0 Å². The smallest absolute Gasteiger partial charge is 0.338 e. The second-order valence-electron chi connectivity index (χ2n) is 7.00. The maximum Gasteiger partial charge on any atom is 0.338 e. The maximum absolute atomic E-state index is 12.4. The lowest BCUT2D eigenvalue weighted by Crippen LogP contribution is -2.60. The SMILES string of the molecule is COc1ccc(COC(=O)[C@H]2O[C@@H](OC(=O)Cc3ccccc3)[C@H](O)[C@@H](O)[C@@H]2O)cc1. The van der Waals surface area contributed by atoms with Gasteiger partial charge in [-0.2, -0.15) is 0 Å². The van der Waals surface area contributed by atoms with E-state index in [2.05, 4.69) is 0 Å². The predicted molar refractivity (Wildman–Crippen MR) is 106 cm³/mol. The Bertz CT molecular complexity index is 868. The summed E-state index contributed by atoms with van der Waals surface area (Å²) in [5, 5.41) is 30.3. The van der Waals surface area contributed by atoms with Crippen LogP contribution in [0.4, 0.5) is 0 Å². The van der Waals surface area contributed by atoms with Gasteiger partial charge < -0.3 is 34.3 Å². The van der Waals surface area contributed by atoms with Crippen LogP contribution in [0.2, 0.25) is 0 Å². The first-order valence-corrected chi connectivity index (χ1v) is 9.61. The number of hydrogen-bond acceptors (Lipinski definition) is 9. The van der Waals surface area contributed by atoms with Crippen LogP contribution in [0.3, 0.4) is 0 Å². The van der Waals surface area contributed by atoms with Crippen LogP contribution in [-0.4, -0.2) is 65.1 Å². The summed E-state index contributed by atoms with van der Waals surface area (Å²) < 4.78 is 20.6. The highest BCUT2D eigenvalue weighted by Gasteiger charge is 2.49. The predicted octanol–water partition coefficient (Wildman–Crippen LogP) is 0.332. The minimum Gasteiger partial charge on any atom is -0.497 e. The normalized spacial score (nSPS) is 25.5. The summed E-state index contributed by atoms with van der Waals surface area (Å²) in [6, 6.07) is 15.5. The summed E-state index contributed by atoms with van der Waals surface area (Å²) in [5.41, 5.74) is 1.33. The third kappa shape index (κ3) is 5.80. The van der Waals surface area contributed by atoms with E-state index in [0.29, 0.717) is 16.9 Å². The topological polar surface area (TPSA) is 132 Å². The van der Waals surface area contributed by atoms with Gasteiger partial charge in [0.1, 0.15) is 30.7 Å². The van der Waals surface area contributed by atoms with Crippen molar-refractivity contribution in [2.24, 2.45) is 0 Å². The molecule has 2 aromatic rings. The Kier molecular flexibility index (Phi) is 7.59. The highest BCUT2D eigenvalue weighted by Crippen LogP contribution is 2.24. The van der Waals surface area contributed by atoms with Crippen molar-refractivity contribution in [1.29, 1.82) is 0 Å². The van der Waals surface area contributed by atoms with Crippen molar-refractivity contribution in [3.05, 3.63) is 65.7 Å². The standard InChI is InChI=1S/C22H24O9/c1-28-15-9-7-14(8-10-15)12-29-21(27)20-18(25)17(24)19(26)22(31-20)30-16(23)11-13-5-3-2-4-6-13/h2-10,17-20,22,24-26H,11-12H2,1H3/t17-,18-,19+,20-,22+/m0/s1. The van der Waals surface area contributed by atoms with E-state index < -0.39 is 42.6 Å². The minimum absolute atomic E-state index is 0.0986. The van der Waals surface area contributed by atoms with Crippen LogP contribution in [-0.2, 0) is 36.8 Å². The molecule has 0 unspecified atom stereocenters. The van der Waals surface area contributed by atoms with E-state index in [1.54, 1.807) is 54.6 Å². The number of carbonyl (C=O) groups excluding carboxylic acids is 2. The van der Waals surface area contributed by atoms with Crippen LogP contribution in [0.25, 0.3) is 0 Å². The molecule has 1 aliphatic rings. The zero-order chi connectivity index (χ0) is 22.4. The first kappa shape index (κ1) is 22.7. The van der Waals surface area contributed by atoms with Crippen molar-refractivity contribution < 1.29 is 43.9 Å². The quantitative estimate of drug-likeness (QED) is 0.530. The summed E-state index contributed by atoms with van der Waals surface area (Å²) in [6.45, 7) is -0.119. The van der Waals surface area contributed by atoms with E-state index in [1.807, 2.05) is 0 Å². The Labute approximate surface area is 178 Å². The molecule has 0 saturated carbocycles. The molecule has 0 aromatic heterocycles. The van der Waals surface area contributed by atoms with Gasteiger partial charge in [0.25, 0.3) is 0 Å². The van der Waals surface area contributed by atoms with Gasteiger partial charge >= 0.3 is 11.9 Å². The van der Waals surface area contributed by atoms with E-state index in [4.69, 9.17) is 18.9 Å². The van der Waals surface area contributed by atoms with Crippen LogP contribution in [0, 0.1) is 0 Å². The molecule has 0 bridgehead atoms. The Morgan fingerprint density at radius 2 is 1.58 bits per heavy atom. The second-order valence-corrected chi connectivity index (χ2v) is 7.00. The van der Waals surface area contributed by atoms with Crippen LogP contribution in [0.15, 0.2) is 54.6 Å². The second kappa shape index (κ2) is 10.4. The summed E-state index contributed by atoms with van der Waals surface area (Å²) in [5.74, 6) is -1.07. The molecule has 1 saturated heterocycles. The van der Waals surface area contributed by atoms with Crippen molar-refractivity contribution in [3.8, 4) is 5.75 Å². The van der Waals surface area contributed by atoms with Crippen LogP contribution >= 0.6 is 0 Å². The molecule has 1 aliphatic heterocycles. The number of methoxy groups -OCH3 is 1. The van der Waals surface area contributed by atoms with Gasteiger partial charge in [-0.15, -0.1) is 0 Å². The van der Waals surface area contributed by atoms with Gasteiger partial charge in [-0.25, -0.2) is 4.79 Å². The Morgan fingerprint density at radius 3 is 2.23 bits per heavy atom. The third-order valence-corrected chi connectivity index (χ3v) is 4.78. The molecule has 0 radical (unpaired) electrons. The molecule has 166 valence electrons. The largest absolute Gasteiger partial charge is 0.497 e. The molecule has 9 nitrogen and oxygen atoms in total.